The summed E-state index contributed by atoms with van der Waals surface area (Å²) < 4.78 is 0. The third kappa shape index (κ3) is 4.48. The number of hydrogen-bond donors (Lipinski definition) is 2. The van der Waals surface area contributed by atoms with E-state index in [1.54, 1.807) is 12.1 Å². The summed E-state index contributed by atoms with van der Waals surface area (Å²) in [6.45, 7) is -0.269. The number of non-ortho nitro benzene ring substituents is 1. The molecule has 2 amide bonds. The Morgan fingerprint density at radius 2 is 1.85 bits per heavy atom. The molecule has 27 heavy (non-hydrogen) atoms. The molecule has 0 saturated carbocycles. The zero-order valence-corrected chi connectivity index (χ0v) is 13.8. The molecule has 0 aliphatic carbocycles. The average Bonchev–Trinajstić information content (AvgIpc) is 3.15. The predicted molar refractivity (Wildman–Crippen MR) is 92.0 cm³/mol. The van der Waals surface area contributed by atoms with Crippen LogP contribution in [-0.2, 0) is 11.3 Å². The van der Waals surface area contributed by atoms with E-state index < -0.39 is 16.7 Å². The molecule has 0 spiro atoms. The summed E-state index contributed by atoms with van der Waals surface area (Å²) in [6, 6.07) is 14.2. The van der Waals surface area contributed by atoms with Crippen molar-refractivity contribution >= 4 is 17.5 Å². The van der Waals surface area contributed by atoms with Crippen molar-refractivity contribution in [3.8, 4) is 11.4 Å². The van der Waals surface area contributed by atoms with Gasteiger partial charge in [0.2, 0.25) is 5.82 Å². The van der Waals surface area contributed by atoms with Crippen LogP contribution in [0.4, 0.5) is 5.69 Å². The van der Waals surface area contributed by atoms with Gasteiger partial charge in [-0.3, -0.25) is 30.6 Å². The first-order chi connectivity index (χ1) is 13.0. The van der Waals surface area contributed by atoms with Crippen LogP contribution in [0.15, 0.2) is 54.6 Å². The first-order valence-electron chi connectivity index (χ1n) is 7.70. The fourth-order valence-corrected chi connectivity index (χ4v) is 2.14. The van der Waals surface area contributed by atoms with Crippen LogP contribution in [-0.4, -0.2) is 36.9 Å². The van der Waals surface area contributed by atoms with Crippen molar-refractivity contribution in [2.24, 2.45) is 0 Å². The van der Waals surface area contributed by atoms with Crippen LogP contribution in [0, 0.1) is 10.1 Å². The number of tetrazole rings is 1. The number of hydrazine groups is 1. The monoisotopic (exact) mass is 367 g/mol. The van der Waals surface area contributed by atoms with Gasteiger partial charge in [0.05, 0.1) is 4.92 Å². The Labute approximate surface area is 152 Å². The maximum atomic E-state index is 12.0. The molecule has 0 aliphatic heterocycles. The molecule has 11 heteroatoms. The summed E-state index contributed by atoms with van der Waals surface area (Å²) in [5.41, 5.74) is 4.93. The molecule has 0 unspecified atom stereocenters. The largest absolute Gasteiger partial charge is 0.271 e. The summed E-state index contributed by atoms with van der Waals surface area (Å²) >= 11 is 0. The number of amides is 2. The molecule has 0 bridgehead atoms. The van der Waals surface area contributed by atoms with Crippen LogP contribution in [0.5, 0.6) is 0 Å². The summed E-state index contributed by atoms with van der Waals surface area (Å²) in [5.74, 6) is -0.918. The highest BCUT2D eigenvalue weighted by molar-refractivity contribution is 5.95. The number of nitrogens with one attached hydrogen (secondary N) is 2. The summed E-state index contributed by atoms with van der Waals surface area (Å²) in [7, 11) is 0. The number of nitrogens with zero attached hydrogens (tertiary/aromatic N) is 5. The lowest BCUT2D eigenvalue weighted by Crippen LogP contribution is -2.43. The number of rotatable bonds is 5. The van der Waals surface area contributed by atoms with Crippen molar-refractivity contribution in [1.82, 2.24) is 31.1 Å². The Morgan fingerprint density at radius 1 is 1.07 bits per heavy atom. The molecule has 2 N–H and O–H groups in total. The van der Waals surface area contributed by atoms with Crippen molar-refractivity contribution in [3.63, 3.8) is 0 Å². The van der Waals surface area contributed by atoms with Gasteiger partial charge in [0.15, 0.2) is 0 Å². The second-order valence-electron chi connectivity index (χ2n) is 5.32. The maximum absolute atomic E-state index is 12.0. The Bertz CT molecular complexity index is 987. The van der Waals surface area contributed by atoms with E-state index in [9.17, 15) is 19.7 Å². The molecule has 0 saturated heterocycles. The van der Waals surface area contributed by atoms with E-state index in [-0.39, 0.29) is 17.8 Å². The number of nitro benzene ring substituents is 1. The van der Waals surface area contributed by atoms with Crippen molar-refractivity contribution in [1.29, 1.82) is 0 Å². The van der Waals surface area contributed by atoms with Crippen molar-refractivity contribution < 1.29 is 14.5 Å². The van der Waals surface area contributed by atoms with Crippen LogP contribution in [0.2, 0.25) is 0 Å². The van der Waals surface area contributed by atoms with Crippen molar-refractivity contribution in [3.05, 3.63) is 70.3 Å². The summed E-state index contributed by atoms with van der Waals surface area (Å²) in [6.07, 6.45) is 0. The maximum Gasteiger partial charge on any atom is 0.270 e. The van der Waals surface area contributed by atoms with Crippen molar-refractivity contribution in [2.45, 2.75) is 6.54 Å². The SMILES string of the molecule is O=C(Cn1nnc(-c2ccccc2)n1)NNC(=O)c1cccc([N+](=O)[O-])c1. The number of hydrogen-bond acceptors (Lipinski definition) is 7. The first-order valence-corrected chi connectivity index (χ1v) is 7.70. The Hall–Kier alpha value is -4.15. The molecule has 0 fully saturated rings. The molecular formula is C16H13N7O4. The van der Waals surface area contributed by atoms with Crippen LogP contribution >= 0.6 is 0 Å². The number of carbonyl (C=O) groups excluding carboxylic acids is 2. The zero-order chi connectivity index (χ0) is 19.2. The van der Waals surface area contributed by atoms with E-state index in [0.717, 1.165) is 16.4 Å². The molecule has 1 heterocycles. The van der Waals surface area contributed by atoms with Gasteiger partial charge in [-0.05, 0) is 11.3 Å². The third-order valence-corrected chi connectivity index (χ3v) is 3.40. The normalized spacial score (nSPS) is 10.2. The zero-order valence-electron chi connectivity index (χ0n) is 13.8. The first kappa shape index (κ1) is 17.7. The fraction of sp³-hybridized carbons (Fsp3) is 0.0625. The number of aromatic nitrogens is 4. The molecule has 3 rings (SSSR count). The standard InChI is InChI=1S/C16H13N7O4/c24-14(10-22-20-15(18-21-22)11-5-2-1-3-6-11)17-19-16(25)12-7-4-8-13(9-12)23(26)27/h1-9H,10H2,(H,17,24)(H,19,25). The van der Waals surface area contributed by atoms with E-state index in [0.29, 0.717) is 5.82 Å². The molecule has 11 nitrogen and oxygen atoms in total. The van der Waals surface area contributed by atoms with Gasteiger partial charge in [0, 0.05) is 23.3 Å². The van der Waals surface area contributed by atoms with Gasteiger partial charge in [-0.25, -0.2) is 0 Å². The van der Waals surface area contributed by atoms with E-state index >= 15 is 0 Å². The van der Waals surface area contributed by atoms with Gasteiger partial charge in [-0.1, -0.05) is 36.4 Å². The van der Waals surface area contributed by atoms with Crippen molar-refractivity contribution in [2.75, 3.05) is 0 Å². The lowest BCUT2D eigenvalue weighted by Gasteiger charge is -2.06. The molecule has 0 radical (unpaired) electrons. The minimum Gasteiger partial charge on any atom is -0.271 e. The Balaban J connectivity index is 1.56. The lowest BCUT2D eigenvalue weighted by atomic mass is 10.2. The molecule has 2 aromatic carbocycles. The van der Waals surface area contributed by atoms with Crippen LogP contribution in [0.3, 0.4) is 0 Å². The highest BCUT2D eigenvalue weighted by Crippen LogP contribution is 2.13. The molecular weight excluding hydrogens is 354 g/mol. The highest BCUT2D eigenvalue weighted by atomic mass is 16.6. The van der Waals surface area contributed by atoms with E-state index in [1.807, 2.05) is 18.2 Å². The van der Waals surface area contributed by atoms with Gasteiger partial charge in [0.1, 0.15) is 6.54 Å². The van der Waals surface area contributed by atoms with Gasteiger partial charge in [0.25, 0.3) is 17.5 Å². The van der Waals surface area contributed by atoms with Crippen LogP contribution in [0.25, 0.3) is 11.4 Å². The minimum absolute atomic E-state index is 0.0368. The highest BCUT2D eigenvalue weighted by Gasteiger charge is 2.13. The number of benzene rings is 2. The van der Waals surface area contributed by atoms with Gasteiger partial charge in [-0.15, -0.1) is 10.2 Å². The van der Waals surface area contributed by atoms with Crippen LogP contribution in [0.1, 0.15) is 10.4 Å². The fourth-order valence-electron chi connectivity index (χ4n) is 2.14. The van der Waals surface area contributed by atoms with E-state index in [2.05, 4.69) is 26.3 Å². The summed E-state index contributed by atoms with van der Waals surface area (Å²) in [4.78, 5) is 35.1. The average molecular weight is 367 g/mol. The quantitative estimate of drug-likeness (QED) is 0.499. The molecule has 136 valence electrons. The van der Waals surface area contributed by atoms with Crippen LogP contribution < -0.4 is 10.9 Å². The second-order valence-corrected chi connectivity index (χ2v) is 5.32. The molecule has 0 atom stereocenters. The molecule has 1 aromatic heterocycles. The Morgan fingerprint density at radius 3 is 2.59 bits per heavy atom. The molecule has 0 aliphatic rings. The number of nitro groups is 1. The smallest absolute Gasteiger partial charge is 0.270 e. The lowest BCUT2D eigenvalue weighted by molar-refractivity contribution is -0.384. The topological polar surface area (TPSA) is 145 Å². The van der Waals surface area contributed by atoms with Gasteiger partial charge < -0.3 is 0 Å². The Kier molecular flexibility index (Phi) is 5.12. The minimum atomic E-state index is -0.691. The second kappa shape index (κ2) is 7.82. The van der Waals surface area contributed by atoms with Gasteiger partial charge in [-0.2, -0.15) is 4.80 Å². The van der Waals surface area contributed by atoms with E-state index in [4.69, 9.17) is 0 Å². The predicted octanol–water partition coefficient (Wildman–Crippen LogP) is 0.709. The van der Waals surface area contributed by atoms with Gasteiger partial charge >= 0.3 is 0 Å². The third-order valence-electron chi connectivity index (χ3n) is 3.40. The molecule has 3 aromatic rings. The summed E-state index contributed by atoms with van der Waals surface area (Å²) in [5, 5.41) is 22.4. The van der Waals surface area contributed by atoms with E-state index in [1.165, 1.54) is 18.2 Å². The number of carbonyl (C=O) groups is 2.